The first kappa shape index (κ1) is 62.7. The molecule has 5 aromatic carbocycles. The molecule has 1 fully saturated rings. The molecule has 22 heteroatoms. The van der Waals surface area contributed by atoms with E-state index < -0.39 is 102 Å². The Morgan fingerprint density at radius 2 is 1.28 bits per heavy atom. The van der Waals surface area contributed by atoms with Crippen LogP contribution in [0.1, 0.15) is 61.8 Å². The molecule has 20 nitrogen and oxygen atoms in total. The fourth-order valence-corrected chi connectivity index (χ4v) is 12.5. The van der Waals surface area contributed by atoms with Crippen LogP contribution in [0.15, 0.2) is 140 Å². The van der Waals surface area contributed by atoms with E-state index in [1.807, 2.05) is 110 Å². The first-order chi connectivity index (χ1) is 41.1. The van der Waals surface area contributed by atoms with E-state index in [-0.39, 0.29) is 50.2 Å². The van der Waals surface area contributed by atoms with Crippen LogP contribution in [0.2, 0.25) is 0 Å². The zero-order valence-electron chi connectivity index (χ0n) is 47.4. The molecule has 0 spiro atoms. The molecule has 2 aromatic heterocycles. The predicted molar refractivity (Wildman–Crippen MR) is 332 cm³/mol. The molecule has 0 aliphatic carbocycles. The molecule has 7 aromatic rings. The molecule has 1 aliphatic heterocycles. The minimum Gasteiger partial charge on any atom is -0.480 e. The van der Waals surface area contributed by atoms with E-state index >= 15 is 0 Å². The molecule has 0 saturated carbocycles. The van der Waals surface area contributed by atoms with E-state index in [9.17, 15) is 43.5 Å². The van der Waals surface area contributed by atoms with Crippen LogP contribution < -0.4 is 48.7 Å². The van der Waals surface area contributed by atoms with Crippen molar-refractivity contribution in [2.45, 2.75) is 114 Å². The predicted octanol–water partition coefficient (Wildman–Crippen LogP) is 4.52. The van der Waals surface area contributed by atoms with Crippen LogP contribution in [0.3, 0.4) is 0 Å². The molecule has 446 valence electrons. The number of amides is 7. The summed E-state index contributed by atoms with van der Waals surface area (Å²) in [5.74, 6) is -7.51. The second-order valence-corrected chi connectivity index (χ2v) is 24.0. The number of pyridine rings is 1. The Morgan fingerprint density at radius 3 is 1.94 bits per heavy atom. The molecule has 0 bridgehead atoms. The number of aliphatic carboxylic acids is 1. The largest absolute Gasteiger partial charge is 0.480 e. The number of carbonyl (C=O) groups is 8. The van der Waals surface area contributed by atoms with Gasteiger partial charge in [0.1, 0.15) is 42.3 Å². The van der Waals surface area contributed by atoms with E-state index in [1.54, 1.807) is 37.5 Å². The van der Waals surface area contributed by atoms with Gasteiger partial charge in [-0.05, 0) is 94.1 Å². The molecule has 1 aliphatic rings. The molecule has 7 amide bonds. The number of aromatic nitrogens is 2. The number of hydrogen-bond donors (Lipinski definition) is 11. The highest BCUT2D eigenvalue weighted by atomic mass is 33.1. The average molecular weight is 1190 g/mol. The topological polar surface area (TPSA) is 322 Å². The molecular weight excluding hydrogens is 1120 g/mol. The maximum atomic E-state index is 15.0. The van der Waals surface area contributed by atoms with E-state index in [0.29, 0.717) is 36.0 Å². The van der Waals surface area contributed by atoms with Crippen molar-refractivity contribution >= 4 is 101 Å². The summed E-state index contributed by atoms with van der Waals surface area (Å²) in [5, 5.41) is 34.8. The van der Waals surface area contributed by atoms with Crippen molar-refractivity contribution in [3.63, 3.8) is 0 Å². The van der Waals surface area contributed by atoms with Crippen LogP contribution >= 0.6 is 21.6 Å². The summed E-state index contributed by atoms with van der Waals surface area (Å²) >= 11 is 0. The summed E-state index contributed by atoms with van der Waals surface area (Å²) < 4.78 is 0. The number of benzene rings is 5. The molecule has 9 atom stereocenters. The standard InChI is InChI=1S/C63H73N11O9S2/c1-3-37(2)55-62(81)73-54(61(80)71-52(63(82)83)30-39-22-24-42-15-5-7-17-44(42)28-39)36-85-84-35-53(72-56(75)47(65)29-38-21-23-41-14-4-6-16-43(41)27-38)60(79)69-50(31-40-13-12-26-66-33-40)58(77)70-51(32-45-34-67-48-19-9-8-18-46(45)48)59(78)68-49(57(76)74-55)20-10-11-25-64/h4-9,12-19,21-24,26-28,33-34,37,47,49-55,67H,3,10-11,20,25,29-32,35-36,64-65H2,1-2H3,(H,68,78)(H,69,79)(H,70,77)(H,71,80)(H,72,75)(H,73,81)(H,74,76)(H,82,83)/t37-,47-,49-,50-,51+,52-,53+,54-,55-/m0/s1. The minimum absolute atomic E-state index is 0.0692. The van der Waals surface area contributed by atoms with Gasteiger partial charge in [0.05, 0.1) is 6.04 Å². The Balaban J connectivity index is 1.14. The number of hydrogen-bond acceptors (Lipinski definition) is 13. The summed E-state index contributed by atoms with van der Waals surface area (Å²) in [6, 6.07) is 26.7. The number of carboxylic acid groups (broad SMARTS) is 1. The minimum atomic E-state index is -1.44. The Hall–Kier alpha value is -8.31. The van der Waals surface area contributed by atoms with Crippen molar-refractivity contribution in [2.75, 3.05) is 18.1 Å². The third-order valence-electron chi connectivity index (χ3n) is 15.2. The van der Waals surface area contributed by atoms with Gasteiger partial charge < -0.3 is 58.8 Å². The number of para-hydroxylation sites is 1. The maximum Gasteiger partial charge on any atom is 0.326 e. The highest BCUT2D eigenvalue weighted by molar-refractivity contribution is 8.76. The molecule has 85 heavy (non-hydrogen) atoms. The number of fused-ring (bicyclic) bond motifs is 3. The first-order valence-electron chi connectivity index (χ1n) is 28.5. The number of nitrogens with two attached hydrogens (primary N) is 2. The lowest BCUT2D eigenvalue weighted by Gasteiger charge is -2.30. The Bertz CT molecular complexity index is 3500. The monoisotopic (exact) mass is 1190 g/mol. The third-order valence-corrected chi connectivity index (χ3v) is 17.6. The Kier molecular flexibility index (Phi) is 22.5. The van der Waals surface area contributed by atoms with E-state index in [1.165, 1.54) is 6.20 Å². The van der Waals surface area contributed by atoms with Crippen molar-refractivity contribution in [3.8, 4) is 0 Å². The lowest BCUT2D eigenvalue weighted by molar-refractivity contribution is -0.142. The summed E-state index contributed by atoms with van der Waals surface area (Å²) in [4.78, 5) is 123. The number of carboxylic acids is 1. The number of rotatable bonds is 19. The number of nitrogens with one attached hydrogen (secondary N) is 8. The van der Waals surface area contributed by atoms with Crippen LogP contribution in [0.4, 0.5) is 0 Å². The normalized spacial score (nSPS) is 20.6. The highest BCUT2D eigenvalue weighted by Gasteiger charge is 2.37. The second kappa shape index (κ2) is 30.5. The van der Waals surface area contributed by atoms with Crippen LogP contribution in [0.5, 0.6) is 0 Å². The number of aromatic amines is 1. The van der Waals surface area contributed by atoms with Crippen molar-refractivity contribution in [1.82, 2.24) is 47.2 Å². The van der Waals surface area contributed by atoms with Crippen LogP contribution in [-0.2, 0) is 64.0 Å². The van der Waals surface area contributed by atoms with Gasteiger partial charge in [-0.25, -0.2) is 4.79 Å². The second-order valence-electron chi connectivity index (χ2n) is 21.4. The van der Waals surface area contributed by atoms with Crippen LogP contribution in [-0.4, -0.2) is 129 Å². The van der Waals surface area contributed by atoms with Crippen LogP contribution in [0.25, 0.3) is 32.4 Å². The lowest BCUT2D eigenvalue weighted by atomic mass is 9.96. The summed E-state index contributed by atoms with van der Waals surface area (Å²) in [7, 11) is 2.12. The van der Waals surface area contributed by atoms with Gasteiger partial charge in [0.15, 0.2) is 0 Å². The molecule has 0 radical (unpaired) electrons. The zero-order chi connectivity index (χ0) is 60.4. The van der Waals surface area contributed by atoms with Gasteiger partial charge in [-0.3, -0.25) is 38.5 Å². The van der Waals surface area contributed by atoms with Crippen molar-refractivity contribution in [2.24, 2.45) is 17.4 Å². The molecule has 3 heterocycles. The van der Waals surface area contributed by atoms with Crippen molar-refractivity contribution < 1.29 is 43.5 Å². The molecular formula is C63H73N11O9S2. The van der Waals surface area contributed by atoms with Crippen LogP contribution in [0, 0.1) is 5.92 Å². The summed E-state index contributed by atoms with van der Waals surface area (Å²) in [6.07, 6.45) is 6.01. The number of H-pyrrole nitrogens is 1. The van der Waals surface area contributed by atoms with Crippen molar-refractivity contribution in [1.29, 1.82) is 0 Å². The molecule has 1 saturated heterocycles. The number of unbranched alkanes of at least 4 members (excludes halogenated alkanes) is 1. The lowest BCUT2D eigenvalue weighted by Crippen LogP contribution is -2.61. The van der Waals surface area contributed by atoms with Gasteiger partial charge >= 0.3 is 5.97 Å². The summed E-state index contributed by atoms with van der Waals surface area (Å²) in [6.45, 7) is 3.86. The van der Waals surface area contributed by atoms with E-state index in [4.69, 9.17) is 11.5 Å². The Morgan fingerprint density at radius 1 is 0.671 bits per heavy atom. The van der Waals surface area contributed by atoms with Gasteiger partial charge in [0.2, 0.25) is 41.4 Å². The van der Waals surface area contributed by atoms with Gasteiger partial charge in [0, 0.05) is 60.3 Å². The smallest absolute Gasteiger partial charge is 0.326 e. The van der Waals surface area contributed by atoms with E-state index in [2.05, 4.69) is 47.2 Å². The quantitative estimate of drug-likeness (QED) is 0.0392. The molecule has 0 unspecified atom stereocenters. The first-order valence-corrected chi connectivity index (χ1v) is 31.0. The SMILES string of the molecule is CC[C@H](C)[C@@H]1NC(=O)[C@H](CCCCN)NC(=O)[C@@H](Cc2c[nH]c3ccccc23)NC(=O)[C@H](Cc2cccnc2)NC(=O)[C@H](NC(=O)[C@@H](N)Cc2ccc3ccccc3c2)CSSC[C@@H](C(=O)N[C@@H](Cc2ccc3ccccc3c2)C(=O)O)NC1=O. The molecule has 8 rings (SSSR count). The number of nitrogens with zero attached hydrogens (tertiary/aromatic N) is 1. The van der Waals surface area contributed by atoms with Gasteiger partial charge in [-0.1, -0.05) is 151 Å². The average Bonchev–Trinajstić information content (AvgIpc) is 4.22. The zero-order valence-corrected chi connectivity index (χ0v) is 49.0. The van der Waals surface area contributed by atoms with Gasteiger partial charge in [-0.2, -0.15) is 0 Å². The fraction of sp³-hybridized carbons (Fsp3) is 0.349. The van der Waals surface area contributed by atoms with Crippen molar-refractivity contribution in [3.05, 3.63) is 162 Å². The number of carbonyl (C=O) groups excluding carboxylic acids is 7. The summed E-state index contributed by atoms with van der Waals surface area (Å²) in [5.41, 5.74) is 15.9. The Labute approximate surface area is 500 Å². The fourth-order valence-electron chi connectivity index (χ4n) is 10.2. The van der Waals surface area contributed by atoms with E-state index in [0.717, 1.165) is 59.6 Å². The maximum absolute atomic E-state index is 15.0. The third kappa shape index (κ3) is 17.4. The molecule has 13 N–H and O–H groups in total. The van der Waals surface area contributed by atoms with Gasteiger partial charge in [-0.15, -0.1) is 0 Å². The highest BCUT2D eigenvalue weighted by Crippen LogP contribution is 2.26. The van der Waals surface area contributed by atoms with Gasteiger partial charge in [0.25, 0.3) is 0 Å².